The van der Waals surface area contributed by atoms with Crippen LogP contribution in [-0.2, 0) is 13.3 Å². The van der Waals surface area contributed by atoms with Crippen molar-refractivity contribution in [2.24, 2.45) is 0 Å². The van der Waals surface area contributed by atoms with E-state index in [1.165, 1.54) is 12.8 Å². The molecule has 1 rings (SSSR count). The average molecular weight is 207 g/mol. The first-order valence-electron chi connectivity index (χ1n) is 4.40. The van der Waals surface area contributed by atoms with Crippen molar-refractivity contribution in [2.45, 2.75) is 18.9 Å². The van der Waals surface area contributed by atoms with E-state index < -0.39 is 9.53 Å². The Hall–Kier alpha value is 0.0569. The van der Waals surface area contributed by atoms with Gasteiger partial charge in [0.2, 0.25) is 0 Å². The van der Waals surface area contributed by atoms with Crippen molar-refractivity contribution < 1.29 is 13.3 Å². The maximum Gasteiger partial charge on any atom is 0.483 e. The van der Waals surface area contributed by atoms with Crippen LogP contribution in [-0.4, -0.2) is 55.9 Å². The van der Waals surface area contributed by atoms with Gasteiger partial charge in [0.25, 0.3) is 0 Å². The monoisotopic (exact) mass is 207 g/mol. The Bertz CT molecular complexity index is 110. The zero-order valence-corrected chi connectivity index (χ0v) is 10.4. The Morgan fingerprint density at radius 3 is 1.38 bits per heavy atom. The molecule has 0 N–H and O–H groups in total. The quantitative estimate of drug-likeness (QED) is 0.623. The highest BCUT2D eigenvalue weighted by Gasteiger charge is 2.22. The van der Waals surface area contributed by atoms with Crippen LogP contribution in [0, 0.1) is 0 Å². The first-order chi connectivity index (χ1) is 6.15. The van der Waals surface area contributed by atoms with Crippen LogP contribution in [0.15, 0.2) is 0 Å². The Labute approximate surface area is 82.7 Å². The number of hydrogen-bond donors (Lipinski definition) is 0. The van der Waals surface area contributed by atoms with Crippen LogP contribution in [0.5, 0.6) is 0 Å². The summed E-state index contributed by atoms with van der Waals surface area (Å²) in [6, 6.07) is 0.935. The van der Waals surface area contributed by atoms with Gasteiger partial charge in [0.15, 0.2) is 0 Å². The molecule has 0 saturated heterocycles. The van der Waals surface area contributed by atoms with E-state index >= 15 is 0 Å². The van der Waals surface area contributed by atoms with Gasteiger partial charge in [0, 0.05) is 27.4 Å². The lowest BCUT2D eigenvalue weighted by Crippen LogP contribution is -2.21. The molecule has 13 heavy (non-hydrogen) atoms. The second-order valence-electron chi connectivity index (χ2n) is 3.19. The van der Waals surface area contributed by atoms with E-state index in [4.69, 9.17) is 13.3 Å². The fraction of sp³-hybridized carbons (Fsp3) is 1.00. The highest BCUT2D eigenvalue weighted by Crippen LogP contribution is 2.23. The Balaban J connectivity index is 0.000000223. The summed E-state index contributed by atoms with van der Waals surface area (Å²) in [6.07, 6.45) is 2.85. The SMILES string of the molecule is CN(C)C1CC1.CO[SiH](OC)OC. The van der Waals surface area contributed by atoms with Gasteiger partial charge in [-0.3, -0.25) is 0 Å². The lowest BCUT2D eigenvalue weighted by Gasteiger charge is -2.05. The highest BCUT2D eigenvalue weighted by atomic mass is 28.3. The summed E-state index contributed by atoms with van der Waals surface area (Å²) >= 11 is 0. The van der Waals surface area contributed by atoms with Crippen LogP contribution < -0.4 is 0 Å². The van der Waals surface area contributed by atoms with Crippen LogP contribution in [0.4, 0.5) is 0 Å². The molecular formula is C8H21NO3Si. The molecule has 0 unspecified atom stereocenters. The average Bonchev–Trinajstić information content (AvgIpc) is 2.90. The Kier molecular flexibility index (Phi) is 7.49. The van der Waals surface area contributed by atoms with Crippen molar-refractivity contribution in [1.82, 2.24) is 4.90 Å². The predicted octanol–water partition coefficient (Wildman–Crippen LogP) is 0.353. The van der Waals surface area contributed by atoms with Gasteiger partial charge in [0.1, 0.15) is 0 Å². The fourth-order valence-electron chi connectivity index (χ4n) is 0.880. The van der Waals surface area contributed by atoms with Crippen LogP contribution in [0.3, 0.4) is 0 Å². The third-order valence-electron chi connectivity index (χ3n) is 1.85. The molecule has 0 aromatic rings. The third-order valence-corrected chi connectivity index (χ3v) is 3.01. The summed E-state index contributed by atoms with van der Waals surface area (Å²) in [5.74, 6) is 0. The molecule has 1 aliphatic rings. The molecule has 0 aromatic heterocycles. The Morgan fingerprint density at radius 1 is 1.00 bits per heavy atom. The van der Waals surface area contributed by atoms with Crippen molar-refractivity contribution in [3.8, 4) is 0 Å². The molecule has 0 heterocycles. The summed E-state index contributed by atoms with van der Waals surface area (Å²) in [6.45, 7) is 0. The van der Waals surface area contributed by atoms with E-state index in [1.807, 2.05) is 0 Å². The molecule has 4 nitrogen and oxygen atoms in total. The molecule has 0 aromatic carbocycles. The molecule has 0 spiro atoms. The van der Waals surface area contributed by atoms with Gasteiger partial charge >= 0.3 is 9.53 Å². The predicted molar refractivity (Wildman–Crippen MR) is 54.9 cm³/mol. The molecule has 80 valence electrons. The number of nitrogens with zero attached hydrogens (tertiary/aromatic N) is 1. The summed E-state index contributed by atoms with van der Waals surface area (Å²) in [5.41, 5.74) is 0. The second kappa shape index (κ2) is 7.46. The normalized spacial score (nSPS) is 15.9. The van der Waals surface area contributed by atoms with Gasteiger partial charge in [0.05, 0.1) is 0 Å². The molecule has 0 amide bonds. The van der Waals surface area contributed by atoms with E-state index in [2.05, 4.69) is 19.0 Å². The zero-order valence-electron chi connectivity index (χ0n) is 9.24. The molecule has 1 fully saturated rings. The Morgan fingerprint density at radius 2 is 1.38 bits per heavy atom. The standard InChI is InChI=1S/C5H11N.C3H10O3Si/c1-6(2)5-3-4-5;1-4-7(5-2)6-3/h5H,3-4H2,1-2H3;7H,1-3H3. The van der Waals surface area contributed by atoms with Crippen LogP contribution in [0.1, 0.15) is 12.8 Å². The molecule has 1 aliphatic carbocycles. The number of hydrogen-bond acceptors (Lipinski definition) is 4. The minimum absolute atomic E-state index is 0.935. The van der Waals surface area contributed by atoms with Crippen molar-refractivity contribution in [3.05, 3.63) is 0 Å². The van der Waals surface area contributed by atoms with Gasteiger partial charge in [-0.2, -0.15) is 0 Å². The molecule has 0 radical (unpaired) electrons. The van der Waals surface area contributed by atoms with Gasteiger partial charge in [-0.15, -0.1) is 0 Å². The van der Waals surface area contributed by atoms with E-state index in [1.54, 1.807) is 21.3 Å². The molecule has 0 atom stereocenters. The van der Waals surface area contributed by atoms with E-state index in [-0.39, 0.29) is 0 Å². The summed E-state index contributed by atoms with van der Waals surface area (Å²) < 4.78 is 14.2. The van der Waals surface area contributed by atoms with Gasteiger partial charge in [-0.1, -0.05) is 0 Å². The highest BCUT2D eigenvalue weighted by molar-refractivity contribution is 6.36. The summed E-state index contributed by atoms with van der Waals surface area (Å²) in [4.78, 5) is 2.28. The van der Waals surface area contributed by atoms with Crippen molar-refractivity contribution in [1.29, 1.82) is 0 Å². The van der Waals surface area contributed by atoms with Gasteiger partial charge < -0.3 is 18.2 Å². The third kappa shape index (κ3) is 7.15. The maximum atomic E-state index is 4.74. The first-order valence-corrected chi connectivity index (χ1v) is 5.82. The molecule has 5 heteroatoms. The molecule has 0 aliphatic heterocycles. The molecule has 1 saturated carbocycles. The zero-order chi connectivity index (χ0) is 10.3. The number of rotatable bonds is 4. The van der Waals surface area contributed by atoms with Crippen molar-refractivity contribution >= 4 is 9.53 Å². The molecular weight excluding hydrogens is 186 g/mol. The first kappa shape index (κ1) is 13.1. The molecule has 0 bridgehead atoms. The van der Waals surface area contributed by atoms with Gasteiger partial charge in [-0.05, 0) is 26.9 Å². The largest absolute Gasteiger partial charge is 0.483 e. The van der Waals surface area contributed by atoms with Crippen molar-refractivity contribution in [2.75, 3.05) is 35.4 Å². The minimum atomic E-state index is -1.67. The fourth-order valence-corrected chi connectivity index (χ4v) is 1.46. The lowest BCUT2D eigenvalue weighted by atomic mass is 10.6. The van der Waals surface area contributed by atoms with Crippen LogP contribution in [0.25, 0.3) is 0 Å². The summed E-state index contributed by atoms with van der Waals surface area (Å²) in [5, 5.41) is 0. The topological polar surface area (TPSA) is 30.9 Å². The van der Waals surface area contributed by atoms with Crippen LogP contribution >= 0.6 is 0 Å². The van der Waals surface area contributed by atoms with Gasteiger partial charge in [-0.25, -0.2) is 0 Å². The second-order valence-corrected chi connectivity index (χ2v) is 5.18. The van der Waals surface area contributed by atoms with E-state index in [0.29, 0.717) is 0 Å². The minimum Gasteiger partial charge on any atom is -0.379 e. The van der Waals surface area contributed by atoms with E-state index in [9.17, 15) is 0 Å². The van der Waals surface area contributed by atoms with Crippen LogP contribution in [0.2, 0.25) is 0 Å². The van der Waals surface area contributed by atoms with Crippen molar-refractivity contribution in [3.63, 3.8) is 0 Å². The maximum absolute atomic E-state index is 4.74. The lowest BCUT2D eigenvalue weighted by molar-refractivity contribution is 0.163. The summed E-state index contributed by atoms with van der Waals surface area (Å²) in [7, 11) is 7.32. The smallest absolute Gasteiger partial charge is 0.379 e. The van der Waals surface area contributed by atoms with E-state index in [0.717, 1.165) is 6.04 Å².